The molecule has 0 amide bonds. The Kier molecular flexibility index (Phi) is 2.41. The molecule has 1 aliphatic rings. The van der Waals surface area contributed by atoms with Gasteiger partial charge in [0, 0.05) is 0 Å². The van der Waals surface area contributed by atoms with Crippen molar-refractivity contribution in [3.05, 3.63) is 11.7 Å². The van der Waals surface area contributed by atoms with E-state index in [9.17, 15) is 9.90 Å². The van der Waals surface area contributed by atoms with Gasteiger partial charge < -0.3 is 20.1 Å². The van der Waals surface area contributed by atoms with E-state index in [0.717, 1.165) is 0 Å². The van der Waals surface area contributed by atoms with Gasteiger partial charge in [0.05, 0.1) is 0 Å². The number of nitrogens with zero attached hydrogens (tertiary/aromatic N) is 2. The summed E-state index contributed by atoms with van der Waals surface area (Å²) in [4.78, 5) is 14.2. The monoisotopic (exact) mass is 213 g/mol. The van der Waals surface area contributed by atoms with Gasteiger partial charge in [0.2, 0.25) is 0 Å². The van der Waals surface area contributed by atoms with Crippen LogP contribution in [0.15, 0.2) is 4.52 Å². The van der Waals surface area contributed by atoms with Crippen LogP contribution in [0.2, 0.25) is 0 Å². The van der Waals surface area contributed by atoms with E-state index in [1.54, 1.807) is 0 Å². The van der Waals surface area contributed by atoms with Crippen LogP contribution in [-0.2, 0) is 5.60 Å². The first-order valence-corrected chi connectivity index (χ1v) is 4.62. The maximum Gasteiger partial charge on any atom is 0.377 e. The average Bonchev–Trinajstić information content (AvgIpc) is 2.68. The number of hydrogen-bond donors (Lipinski definition) is 3. The number of carboxylic acid groups (broad SMARTS) is 1. The van der Waals surface area contributed by atoms with Crippen molar-refractivity contribution in [1.29, 1.82) is 0 Å². The predicted molar refractivity (Wildman–Crippen MR) is 47.3 cm³/mol. The summed E-state index contributed by atoms with van der Waals surface area (Å²) in [5.74, 6) is -1.69. The van der Waals surface area contributed by atoms with Crippen LogP contribution in [0.25, 0.3) is 0 Å². The molecule has 0 radical (unpaired) electrons. The number of carbonyl (C=O) groups is 1. The largest absolute Gasteiger partial charge is 0.475 e. The van der Waals surface area contributed by atoms with Gasteiger partial charge in [0.15, 0.2) is 0 Å². The molecule has 0 aromatic carbocycles. The van der Waals surface area contributed by atoms with E-state index in [0.29, 0.717) is 25.9 Å². The highest BCUT2D eigenvalue weighted by atomic mass is 16.5. The molecule has 0 aliphatic carbocycles. The number of rotatable bonds is 2. The van der Waals surface area contributed by atoms with Gasteiger partial charge in [0.25, 0.3) is 11.7 Å². The quantitative estimate of drug-likeness (QED) is 0.598. The van der Waals surface area contributed by atoms with E-state index < -0.39 is 17.4 Å². The summed E-state index contributed by atoms with van der Waals surface area (Å²) in [7, 11) is 0. The van der Waals surface area contributed by atoms with Gasteiger partial charge in [-0.1, -0.05) is 0 Å². The van der Waals surface area contributed by atoms with Gasteiger partial charge >= 0.3 is 5.97 Å². The lowest BCUT2D eigenvalue weighted by Crippen LogP contribution is -2.40. The molecule has 0 bridgehead atoms. The molecule has 7 heteroatoms. The third kappa shape index (κ3) is 1.83. The molecule has 7 nitrogen and oxygen atoms in total. The van der Waals surface area contributed by atoms with Crippen LogP contribution < -0.4 is 5.32 Å². The van der Waals surface area contributed by atoms with Crippen molar-refractivity contribution in [3.8, 4) is 0 Å². The summed E-state index contributed by atoms with van der Waals surface area (Å²) in [6, 6.07) is 0. The minimum Gasteiger partial charge on any atom is -0.475 e. The van der Waals surface area contributed by atoms with Gasteiger partial charge in [-0.25, -0.2) is 4.79 Å². The highest BCUT2D eigenvalue weighted by molar-refractivity contribution is 5.82. The first kappa shape index (κ1) is 10.1. The zero-order valence-corrected chi connectivity index (χ0v) is 7.93. The topological polar surface area (TPSA) is 108 Å². The average molecular weight is 213 g/mol. The molecule has 1 fully saturated rings. The van der Waals surface area contributed by atoms with Crippen LogP contribution in [0.4, 0.5) is 0 Å². The molecule has 0 atom stereocenters. The number of nitrogens with one attached hydrogen (secondary N) is 1. The maximum atomic E-state index is 10.5. The van der Waals surface area contributed by atoms with Crippen molar-refractivity contribution in [2.24, 2.45) is 0 Å². The van der Waals surface area contributed by atoms with Crippen molar-refractivity contribution in [2.45, 2.75) is 18.4 Å². The summed E-state index contributed by atoms with van der Waals surface area (Å²) < 4.78 is 4.75. The molecule has 1 aromatic heterocycles. The van der Waals surface area contributed by atoms with Crippen LogP contribution in [-0.4, -0.2) is 39.4 Å². The van der Waals surface area contributed by atoms with E-state index in [1.165, 1.54) is 0 Å². The summed E-state index contributed by atoms with van der Waals surface area (Å²) in [6.07, 6.45) is 0.877. The Bertz CT molecular complexity index is 370. The first-order valence-electron chi connectivity index (χ1n) is 4.62. The summed E-state index contributed by atoms with van der Waals surface area (Å²) in [6.45, 7) is 1.28. The fourth-order valence-electron chi connectivity index (χ4n) is 1.55. The molecule has 82 valence electrons. The predicted octanol–water partition coefficient (Wildman–Crippen LogP) is -0.661. The molecule has 2 rings (SSSR count). The van der Waals surface area contributed by atoms with Crippen molar-refractivity contribution >= 4 is 5.97 Å². The summed E-state index contributed by atoms with van der Waals surface area (Å²) in [5.41, 5.74) is -1.19. The molecule has 0 spiro atoms. The van der Waals surface area contributed by atoms with Crippen LogP contribution in [0.3, 0.4) is 0 Å². The number of aromatic carboxylic acids is 1. The molecule has 1 aliphatic heterocycles. The molecule has 3 N–H and O–H groups in total. The van der Waals surface area contributed by atoms with E-state index >= 15 is 0 Å². The molecule has 1 saturated heterocycles. The molecule has 0 saturated carbocycles. The Morgan fingerprint density at radius 3 is 2.67 bits per heavy atom. The number of aliphatic hydroxyl groups is 1. The highest BCUT2D eigenvalue weighted by Gasteiger charge is 2.37. The molecular weight excluding hydrogens is 202 g/mol. The van der Waals surface area contributed by atoms with Gasteiger partial charge in [-0.15, -0.1) is 0 Å². The second-order valence-electron chi connectivity index (χ2n) is 3.51. The van der Waals surface area contributed by atoms with Gasteiger partial charge in [0.1, 0.15) is 5.60 Å². The summed E-state index contributed by atoms with van der Waals surface area (Å²) in [5, 5.41) is 25.1. The van der Waals surface area contributed by atoms with E-state index in [4.69, 9.17) is 9.63 Å². The van der Waals surface area contributed by atoms with Crippen molar-refractivity contribution in [1.82, 2.24) is 15.5 Å². The highest BCUT2D eigenvalue weighted by Crippen LogP contribution is 2.28. The first-order chi connectivity index (χ1) is 7.12. The Morgan fingerprint density at radius 2 is 2.13 bits per heavy atom. The standard InChI is InChI=1S/C8H11N3O4/c12-6(13)5-10-7(15-11-5)8(14)1-3-9-4-2-8/h9,14H,1-4H2,(H,12,13). The van der Waals surface area contributed by atoms with Gasteiger partial charge in [-0.05, 0) is 31.1 Å². The second kappa shape index (κ2) is 3.59. The van der Waals surface area contributed by atoms with Crippen LogP contribution in [0.5, 0.6) is 0 Å². The van der Waals surface area contributed by atoms with Gasteiger partial charge in [-0.3, -0.25) is 0 Å². The Morgan fingerprint density at radius 1 is 1.47 bits per heavy atom. The maximum absolute atomic E-state index is 10.5. The lowest BCUT2D eigenvalue weighted by molar-refractivity contribution is -0.0228. The van der Waals surface area contributed by atoms with E-state index in [1.807, 2.05) is 0 Å². The zero-order chi connectivity index (χ0) is 10.9. The number of carboxylic acids is 1. The lowest BCUT2D eigenvalue weighted by Gasteiger charge is -2.28. The minimum atomic E-state index is -1.26. The molecule has 2 heterocycles. The fourth-order valence-corrected chi connectivity index (χ4v) is 1.55. The normalized spacial score (nSPS) is 20.1. The third-order valence-electron chi connectivity index (χ3n) is 2.45. The Hall–Kier alpha value is -1.47. The number of hydrogen-bond acceptors (Lipinski definition) is 6. The second-order valence-corrected chi connectivity index (χ2v) is 3.51. The molecule has 15 heavy (non-hydrogen) atoms. The minimum absolute atomic E-state index is 0.0126. The van der Waals surface area contributed by atoms with Crippen molar-refractivity contribution < 1.29 is 19.5 Å². The lowest BCUT2D eigenvalue weighted by atomic mass is 9.92. The fraction of sp³-hybridized carbons (Fsp3) is 0.625. The van der Waals surface area contributed by atoms with E-state index in [2.05, 4.69) is 15.5 Å². The SMILES string of the molecule is O=C(O)c1noc(C2(O)CCNCC2)n1. The van der Waals surface area contributed by atoms with Gasteiger partial charge in [-0.2, -0.15) is 4.98 Å². The number of piperidine rings is 1. The smallest absolute Gasteiger partial charge is 0.377 e. The van der Waals surface area contributed by atoms with Crippen molar-refractivity contribution in [3.63, 3.8) is 0 Å². The number of aromatic nitrogens is 2. The molecule has 0 unspecified atom stereocenters. The van der Waals surface area contributed by atoms with Crippen LogP contribution in [0.1, 0.15) is 29.4 Å². The Balaban J connectivity index is 2.23. The van der Waals surface area contributed by atoms with Crippen LogP contribution in [0, 0.1) is 0 Å². The third-order valence-corrected chi connectivity index (χ3v) is 2.45. The molecule has 1 aromatic rings. The zero-order valence-electron chi connectivity index (χ0n) is 7.93. The molecular formula is C8H11N3O4. The van der Waals surface area contributed by atoms with Crippen molar-refractivity contribution in [2.75, 3.05) is 13.1 Å². The van der Waals surface area contributed by atoms with Crippen LogP contribution >= 0.6 is 0 Å². The Labute approximate surface area is 85.1 Å². The summed E-state index contributed by atoms with van der Waals surface area (Å²) >= 11 is 0. The van der Waals surface area contributed by atoms with E-state index in [-0.39, 0.29) is 5.89 Å².